The number of likely N-dealkylation sites (tertiary alicyclic amines) is 1. The Morgan fingerprint density at radius 3 is 2.11 bits per heavy atom. The molecule has 5 nitrogen and oxygen atoms in total. The summed E-state index contributed by atoms with van der Waals surface area (Å²) >= 11 is 0. The number of carbonyl (C=O) groups is 2. The van der Waals surface area contributed by atoms with E-state index < -0.39 is 11.4 Å². The van der Waals surface area contributed by atoms with E-state index in [-0.39, 0.29) is 12.6 Å². The molecular weight excluding hydrogens is 232 g/mol. The summed E-state index contributed by atoms with van der Waals surface area (Å²) < 4.78 is 0. The van der Waals surface area contributed by atoms with Crippen LogP contribution < -0.4 is 5.32 Å². The van der Waals surface area contributed by atoms with E-state index in [1.54, 1.807) is 0 Å². The summed E-state index contributed by atoms with van der Waals surface area (Å²) in [5, 5.41) is 12.0. The maximum atomic E-state index is 12.0. The van der Waals surface area contributed by atoms with Gasteiger partial charge in [0.15, 0.2) is 0 Å². The van der Waals surface area contributed by atoms with Crippen molar-refractivity contribution in [2.75, 3.05) is 19.6 Å². The average Bonchev–Trinajstić information content (AvgIpc) is 2.55. The molecule has 0 aromatic heterocycles. The zero-order valence-corrected chi connectivity index (χ0v) is 10.8. The molecule has 1 saturated heterocycles. The third kappa shape index (κ3) is 2.76. The fourth-order valence-electron chi connectivity index (χ4n) is 2.70. The number of urea groups is 1. The number of aliphatic carboxylic acids is 1. The lowest BCUT2D eigenvalue weighted by Gasteiger charge is -2.38. The second-order valence-electron chi connectivity index (χ2n) is 5.50. The lowest BCUT2D eigenvalue weighted by Crippen LogP contribution is -2.50. The second kappa shape index (κ2) is 5.59. The van der Waals surface area contributed by atoms with Gasteiger partial charge in [0.2, 0.25) is 0 Å². The van der Waals surface area contributed by atoms with Gasteiger partial charge < -0.3 is 15.3 Å². The van der Waals surface area contributed by atoms with Crippen molar-refractivity contribution >= 4 is 12.0 Å². The highest BCUT2D eigenvalue weighted by Crippen LogP contribution is 2.40. The van der Waals surface area contributed by atoms with Gasteiger partial charge >= 0.3 is 12.0 Å². The molecule has 102 valence electrons. The Morgan fingerprint density at radius 2 is 1.67 bits per heavy atom. The molecule has 0 aromatic carbocycles. The van der Waals surface area contributed by atoms with E-state index in [4.69, 9.17) is 0 Å². The third-order valence-electron chi connectivity index (χ3n) is 4.24. The third-order valence-corrected chi connectivity index (χ3v) is 4.24. The van der Waals surface area contributed by atoms with Crippen molar-refractivity contribution < 1.29 is 14.7 Å². The highest BCUT2D eigenvalue weighted by Gasteiger charge is 2.44. The van der Waals surface area contributed by atoms with Crippen LogP contribution in [-0.4, -0.2) is 41.6 Å². The van der Waals surface area contributed by atoms with E-state index >= 15 is 0 Å². The zero-order chi connectivity index (χ0) is 13.0. The van der Waals surface area contributed by atoms with E-state index in [0.29, 0.717) is 12.8 Å². The maximum Gasteiger partial charge on any atom is 0.317 e. The molecule has 2 aliphatic rings. The highest BCUT2D eigenvalue weighted by atomic mass is 16.4. The Balaban J connectivity index is 1.81. The standard InChI is InChI=1S/C13H22N2O3/c16-11(17)13(6-5-7-13)10-14-12(18)15-8-3-1-2-4-9-15/h1-10H2,(H,14,18)(H,16,17). The molecule has 5 heteroatoms. The molecule has 0 radical (unpaired) electrons. The van der Waals surface area contributed by atoms with E-state index in [9.17, 15) is 14.7 Å². The summed E-state index contributed by atoms with van der Waals surface area (Å²) in [4.78, 5) is 25.0. The number of hydrogen-bond acceptors (Lipinski definition) is 2. The lowest BCUT2D eigenvalue weighted by atomic mass is 9.69. The minimum Gasteiger partial charge on any atom is -0.481 e. The molecule has 1 aliphatic heterocycles. The summed E-state index contributed by atoms with van der Waals surface area (Å²) in [5.41, 5.74) is -0.693. The van der Waals surface area contributed by atoms with Crippen LogP contribution in [0.4, 0.5) is 4.79 Å². The first kappa shape index (κ1) is 13.2. The number of carboxylic acids is 1. The van der Waals surface area contributed by atoms with Crippen molar-refractivity contribution in [2.45, 2.75) is 44.9 Å². The number of amides is 2. The number of carboxylic acid groups (broad SMARTS) is 1. The Labute approximate surface area is 108 Å². The normalized spacial score (nSPS) is 22.8. The molecule has 2 amide bonds. The Hall–Kier alpha value is -1.26. The van der Waals surface area contributed by atoms with Gasteiger partial charge in [0.05, 0.1) is 5.41 Å². The number of hydrogen-bond donors (Lipinski definition) is 2. The van der Waals surface area contributed by atoms with Crippen LogP contribution in [0.3, 0.4) is 0 Å². The first-order valence-corrected chi connectivity index (χ1v) is 6.90. The molecule has 2 fully saturated rings. The highest BCUT2D eigenvalue weighted by molar-refractivity contribution is 5.78. The molecular formula is C13H22N2O3. The predicted octanol–water partition coefficient (Wildman–Crippen LogP) is 1.83. The molecule has 1 saturated carbocycles. The summed E-state index contributed by atoms with van der Waals surface area (Å²) in [6, 6.07) is -0.0931. The van der Waals surface area contributed by atoms with Crippen molar-refractivity contribution in [2.24, 2.45) is 5.41 Å². The number of nitrogens with zero attached hydrogens (tertiary/aromatic N) is 1. The molecule has 2 rings (SSSR count). The molecule has 0 unspecified atom stereocenters. The predicted molar refractivity (Wildman–Crippen MR) is 67.4 cm³/mol. The SMILES string of the molecule is O=C(NCC1(C(=O)O)CCC1)N1CCCCCC1. The first-order valence-electron chi connectivity index (χ1n) is 6.90. The molecule has 0 bridgehead atoms. The molecule has 0 atom stereocenters. The van der Waals surface area contributed by atoms with E-state index in [1.807, 2.05) is 4.90 Å². The molecule has 0 spiro atoms. The van der Waals surface area contributed by atoms with Crippen LogP contribution in [0.1, 0.15) is 44.9 Å². The fraction of sp³-hybridized carbons (Fsp3) is 0.846. The average molecular weight is 254 g/mol. The van der Waals surface area contributed by atoms with Crippen LogP contribution in [0, 0.1) is 5.41 Å². The summed E-state index contributed by atoms with van der Waals surface area (Å²) in [6.45, 7) is 1.87. The summed E-state index contributed by atoms with van der Waals surface area (Å²) in [5.74, 6) is -0.773. The summed E-state index contributed by atoms with van der Waals surface area (Å²) in [6.07, 6.45) is 6.79. The molecule has 1 aliphatic carbocycles. The van der Waals surface area contributed by atoms with Crippen LogP contribution in [-0.2, 0) is 4.79 Å². The van der Waals surface area contributed by atoms with Crippen molar-refractivity contribution in [3.8, 4) is 0 Å². The lowest BCUT2D eigenvalue weighted by molar-refractivity contribution is -0.153. The largest absolute Gasteiger partial charge is 0.481 e. The molecule has 1 heterocycles. The van der Waals surface area contributed by atoms with Crippen LogP contribution in [0.25, 0.3) is 0 Å². The van der Waals surface area contributed by atoms with Crippen molar-refractivity contribution in [3.63, 3.8) is 0 Å². The molecule has 0 aromatic rings. The van der Waals surface area contributed by atoms with E-state index in [0.717, 1.165) is 32.4 Å². The Kier molecular flexibility index (Phi) is 4.09. The van der Waals surface area contributed by atoms with Crippen LogP contribution in [0.15, 0.2) is 0 Å². The minimum atomic E-state index is -0.773. The Morgan fingerprint density at radius 1 is 1.06 bits per heavy atom. The number of nitrogens with one attached hydrogen (secondary N) is 1. The van der Waals surface area contributed by atoms with Gasteiger partial charge in [-0.3, -0.25) is 4.79 Å². The second-order valence-corrected chi connectivity index (χ2v) is 5.50. The van der Waals surface area contributed by atoms with Gasteiger partial charge in [-0.2, -0.15) is 0 Å². The van der Waals surface area contributed by atoms with Crippen LogP contribution in [0.5, 0.6) is 0 Å². The van der Waals surface area contributed by atoms with Gasteiger partial charge in [-0.1, -0.05) is 19.3 Å². The molecule has 18 heavy (non-hydrogen) atoms. The smallest absolute Gasteiger partial charge is 0.317 e. The quantitative estimate of drug-likeness (QED) is 0.807. The van der Waals surface area contributed by atoms with Crippen molar-refractivity contribution in [1.29, 1.82) is 0 Å². The topological polar surface area (TPSA) is 69.6 Å². The number of rotatable bonds is 3. The Bertz CT molecular complexity index is 318. The van der Waals surface area contributed by atoms with Gasteiger partial charge in [-0.25, -0.2) is 4.79 Å². The van der Waals surface area contributed by atoms with Crippen LogP contribution >= 0.6 is 0 Å². The van der Waals surface area contributed by atoms with Crippen molar-refractivity contribution in [3.05, 3.63) is 0 Å². The van der Waals surface area contributed by atoms with Crippen LogP contribution in [0.2, 0.25) is 0 Å². The van der Waals surface area contributed by atoms with Gasteiger partial charge in [-0.05, 0) is 25.7 Å². The molecule has 2 N–H and O–H groups in total. The van der Waals surface area contributed by atoms with Gasteiger partial charge in [-0.15, -0.1) is 0 Å². The maximum absolute atomic E-state index is 12.0. The first-order chi connectivity index (χ1) is 8.64. The fourth-order valence-corrected chi connectivity index (χ4v) is 2.70. The number of carbonyl (C=O) groups excluding carboxylic acids is 1. The van der Waals surface area contributed by atoms with E-state index in [2.05, 4.69) is 5.32 Å². The zero-order valence-electron chi connectivity index (χ0n) is 10.8. The van der Waals surface area contributed by atoms with Gasteiger partial charge in [0.1, 0.15) is 0 Å². The van der Waals surface area contributed by atoms with Crippen molar-refractivity contribution in [1.82, 2.24) is 10.2 Å². The van der Waals surface area contributed by atoms with Gasteiger partial charge in [0.25, 0.3) is 0 Å². The van der Waals surface area contributed by atoms with Gasteiger partial charge in [0, 0.05) is 19.6 Å². The monoisotopic (exact) mass is 254 g/mol. The minimum absolute atomic E-state index is 0.0931. The van der Waals surface area contributed by atoms with E-state index in [1.165, 1.54) is 12.8 Å². The summed E-state index contributed by atoms with van der Waals surface area (Å²) in [7, 11) is 0.